The van der Waals surface area contributed by atoms with Crippen molar-refractivity contribution in [3.63, 3.8) is 0 Å². The van der Waals surface area contributed by atoms with Crippen molar-refractivity contribution >= 4 is 0 Å². The molecule has 4 nitrogen and oxygen atoms in total. The van der Waals surface area contributed by atoms with Crippen LogP contribution in [0.25, 0.3) is 0 Å². The first-order valence-corrected chi connectivity index (χ1v) is 7.40. The first-order chi connectivity index (χ1) is 10.6. The molecular formula is C18H19N3O. The normalized spacial score (nSPS) is 17.0. The molecule has 1 aromatic carbocycles. The Labute approximate surface area is 131 Å². The second kappa shape index (κ2) is 5.78. The minimum absolute atomic E-state index is 0.271. The largest absolute Gasteiger partial charge is 0.486 e. The molecule has 0 radical (unpaired) electrons. The Morgan fingerprint density at radius 1 is 1.32 bits per heavy atom. The van der Waals surface area contributed by atoms with Crippen molar-refractivity contribution in [3.05, 3.63) is 59.4 Å². The number of hydrogen-bond acceptors (Lipinski definition) is 4. The maximum atomic E-state index is 9.23. The van der Waals surface area contributed by atoms with E-state index in [1.807, 2.05) is 24.3 Å². The van der Waals surface area contributed by atoms with E-state index in [0.717, 1.165) is 24.4 Å². The highest BCUT2D eigenvalue weighted by molar-refractivity contribution is 5.36. The van der Waals surface area contributed by atoms with Crippen molar-refractivity contribution in [1.82, 2.24) is 9.88 Å². The van der Waals surface area contributed by atoms with Crippen molar-refractivity contribution < 1.29 is 4.74 Å². The van der Waals surface area contributed by atoms with Crippen LogP contribution in [0.4, 0.5) is 0 Å². The molecule has 4 heteroatoms. The predicted molar refractivity (Wildman–Crippen MR) is 84.2 cm³/mol. The molecule has 0 fully saturated rings. The maximum Gasteiger partial charge on any atom is 0.124 e. The van der Waals surface area contributed by atoms with Gasteiger partial charge >= 0.3 is 0 Å². The van der Waals surface area contributed by atoms with E-state index < -0.39 is 0 Å². The van der Waals surface area contributed by atoms with Crippen LogP contribution >= 0.6 is 0 Å². The molecule has 22 heavy (non-hydrogen) atoms. The van der Waals surface area contributed by atoms with Crippen LogP contribution in [-0.4, -0.2) is 22.0 Å². The third-order valence-corrected chi connectivity index (χ3v) is 3.78. The lowest BCUT2D eigenvalue weighted by molar-refractivity contribution is 0.0682. The average molecular weight is 293 g/mol. The zero-order valence-corrected chi connectivity index (χ0v) is 12.9. The Morgan fingerprint density at radius 3 is 2.95 bits per heavy atom. The summed E-state index contributed by atoms with van der Waals surface area (Å²) in [7, 11) is 0. The van der Waals surface area contributed by atoms with Gasteiger partial charge in [-0.1, -0.05) is 18.2 Å². The molecule has 0 spiro atoms. The van der Waals surface area contributed by atoms with Crippen LogP contribution in [0.2, 0.25) is 0 Å². The Morgan fingerprint density at radius 2 is 2.14 bits per heavy atom. The van der Waals surface area contributed by atoms with Crippen LogP contribution in [-0.2, 0) is 13.1 Å². The summed E-state index contributed by atoms with van der Waals surface area (Å²) in [6, 6.07) is 12.3. The van der Waals surface area contributed by atoms with Gasteiger partial charge in [-0.05, 0) is 31.5 Å². The third kappa shape index (κ3) is 3.10. The fourth-order valence-corrected chi connectivity index (χ4v) is 2.91. The lowest BCUT2D eigenvalue weighted by Gasteiger charge is -2.29. The number of fused-ring (bicyclic) bond motifs is 1. The van der Waals surface area contributed by atoms with Crippen LogP contribution in [0, 0.1) is 11.3 Å². The van der Waals surface area contributed by atoms with Crippen LogP contribution in [0.15, 0.2) is 42.7 Å². The topological polar surface area (TPSA) is 49.2 Å². The molecule has 0 N–H and O–H groups in total. The Bertz CT molecular complexity index is 718. The van der Waals surface area contributed by atoms with E-state index in [1.165, 1.54) is 5.56 Å². The molecule has 0 amide bonds. The van der Waals surface area contributed by atoms with Crippen LogP contribution < -0.4 is 4.74 Å². The number of ether oxygens (including phenoxy) is 1. The van der Waals surface area contributed by atoms with Gasteiger partial charge in [-0.2, -0.15) is 5.26 Å². The second-order valence-electron chi connectivity index (χ2n) is 6.26. The summed E-state index contributed by atoms with van der Waals surface area (Å²) in [5.41, 5.74) is 2.55. The number of benzene rings is 1. The number of nitrogens with zero attached hydrogens (tertiary/aromatic N) is 3. The van der Waals surface area contributed by atoms with Gasteiger partial charge in [0.2, 0.25) is 0 Å². The second-order valence-corrected chi connectivity index (χ2v) is 6.26. The summed E-state index contributed by atoms with van der Waals surface area (Å²) in [6.45, 7) is 6.52. The number of hydrogen-bond donors (Lipinski definition) is 0. The molecule has 0 bridgehead atoms. The molecule has 0 unspecified atom stereocenters. The molecule has 112 valence electrons. The lowest BCUT2D eigenvalue weighted by Crippen LogP contribution is -2.40. The highest BCUT2D eigenvalue weighted by Crippen LogP contribution is 2.30. The summed E-state index contributed by atoms with van der Waals surface area (Å²) in [5.74, 6) is 0.949. The number of rotatable bonds is 2. The summed E-state index contributed by atoms with van der Waals surface area (Å²) in [4.78, 5) is 6.35. The number of para-hydroxylation sites is 1. The van der Waals surface area contributed by atoms with Gasteiger partial charge < -0.3 is 4.74 Å². The van der Waals surface area contributed by atoms with E-state index >= 15 is 0 Å². The summed E-state index contributed by atoms with van der Waals surface area (Å²) < 4.78 is 6.15. The monoisotopic (exact) mass is 293 g/mol. The minimum Gasteiger partial charge on any atom is -0.486 e. The van der Waals surface area contributed by atoms with Crippen molar-refractivity contribution in [2.75, 3.05) is 6.54 Å². The molecule has 0 saturated heterocycles. The fourth-order valence-electron chi connectivity index (χ4n) is 2.91. The molecule has 0 atom stereocenters. The summed E-state index contributed by atoms with van der Waals surface area (Å²) in [6.07, 6.45) is 3.37. The SMILES string of the molecule is CC1(C)CN(Cc2ccncc2C#N)Cc2ccccc2O1. The molecule has 1 aliphatic rings. The molecule has 1 aliphatic heterocycles. The van der Waals surface area contributed by atoms with Crippen LogP contribution in [0.1, 0.15) is 30.5 Å². The van der Waals surface area contributed by atoms with Crippen molar-refractivity contribution in [2.24, 2.45) is 0 Å². The van der Waals surface area contributed by atoms with Gasteiger partial charge in [-0.15, -0.1) is 0 Å². The van der Waals surface area contributed by atoms with E-state index in [1.54, 1.807) is 12.4 Å². The first-order valence-electron chi connectivity index (χ1n) is 7.40. The van der Waals surface area contributed by atoms with Gasteiger partial charge in [0, 0.05) is 37.6 Å². The number of aromatic nitrogens is 1. The molecule has 1 aromatic heterocycles. The van der Waals surface area contributed by atoms with Gasteiger partial charge in [-0.3, -0.25) is 9.88 Å². The van der Waals surface area contributed by atoms with Crippen LogP contribution in [0.5, 0.6) is 5.75 Å². The van der Waals surface area contributed by atoms with Crippen molar-refractivity contribution in [1.29, 1.82) is 5.26 Å². The van der Waals surface area contributed by atoms with E-state index in [0.29, 0.717) is 12.1 Å². The molecular weight excluding hydrogens is 274 g/mol. The zero-order chi connectivity index (χ0) is 15.6. The number of pyridine rings is 1. The van der Waals surface area contributed by atoms with Gasteiger partial charge in [0.05, 0.1) is 5.56 Å². The Kier molecular flexibility index (Phi) is 3.82. The summed E-state index contributed by atoms with van der Waals surface area (Å²) >= 11 is 0. The molecule has 3 rings (SSSR count). The lowest BCUT2D eigenvalue weighted by atomic mass is 10.1. The van der Waals surface area contributed by atoms with E-state index in [-0.39, 0.29) is 5.60 Å². The minimum atomic E-state index is -0.271. The number of nitriles is 1. The highest BCUT2D eigenvalue weighted by atomic mass is 16.5. The maximum absolute atomic E-state index is 9.23. The fraction of sp³-hybridized carbons (Fsp3) is 0.333. The molecule has 0 aliphatic carbocycles. The van der Waals surface area contributed by atoms with Crippen molar-refractivity contribution in [2.45, 2.75) is 32.5 Å². The highest BCUT2D eigenvalue weighted by Gasteiger charge is 2.29. The van der Waals surface area contributed by atoms with Crippen molar-refractivity contribution in [3.8, 4) is 11.8 Å². The average Bonchev–Trinajstić information content (AvgIpc) is 2.61. The predicted octanol–water partition coefficient (Wildman–Crippen LogP) is 3.13. The van der Waals surface area contributed by atoms with E-state index in [9.17, 15) is 5.26 Å². The van der Waals surface area contributed by atoms with Gasteiger partial charge in [0.1, 0.15) is 17.4 Å². The first kappa shape index (κ1) is 14.6. The quantitative estimate of drug-likeness (QED) is 0.853. The van der Waals surface area contributed by atoms with Crippen LogP contribution in [0.3, 0.4) is 0 Å². The van der Waals surface area contributed by atoms with Gasteiger partial charge in [0.15, 0.2) is 0 Å². The molecule has 0 saturated carbocycles. The molecule has 2 heterocycles. The Balaban J connectivity index is 1.90. The van der Waals surface area contributed by atoms with Gasteiger partial charge in [0.25, 0.3) is 0 Å². The van der Waals surface area contributed by atoms with Gasteiger partial charge in [-0.25, -0.2) is 0 Å². The standard InChI is InChI=1S/C18H19N3O/c1-18(2)13-21(11-14-7-8-20-10-16(14)9-19)12-15-5-3-4-6-17(15)22-18/h3-8,10H,11-13H2,1-2H3. The zero-order valence-electron chi connectivity index (χ0n) is 12.9. The van der Waals surface area contributed by atoms with E-state index in [4.69, 9.17) is 4.74 Å². The Hall–Kier alpha value is -2.38. The smallest absolute Gasteiger partial charge is 0.124 e. The molecule has 2 aromatic rings. The van der Waals surface area contributed by atoms with E-state index in [2.05, 4.69) is 35.9 Å². The summed E-state index contributed by atoms with van der Waals surface area (Å²) in [5, 5.41) is 9.23. The third-order valence-electron chi connectivity index (χ3n) is 3.78.